The Bertz CT molecular complexity index is 2780. The summed E-state index contributed by atoms with van der Waals surface area (Å²) in [6.07, 6.45) is 4.28. The molecule has 14 rings (SSSR count). The van der Waals surface area contributed by atoms with Gasteiger partial charge < -0.3 is 18.9 Å². The molecule has 0 aromatic heterocycles. The number of fused-ring (bicyclic) bond motifs is 33. The van der Waals surface area contributed by atoms with Gasteiger partial charge in [-0.3, -0.25) is 0 Å². The second-order valence-electron chi connectivity index (χ2n) is 18.5. The number of ether oxygens (including phenoxy) is 4. The molecule has 0 heterocycles. The van der Waals surface area contributed by atoms with Crippen LogP contribution in [0.4, 0.5) is 0 Å². The van der Waals surface area contributed by atoms with Crippen LogP contribution in [-0.4, -0.2) is 38.4 Å². The van der Waals surface area contributed by atoms with Crippen molar-refractivity contribution in [2.24, 2.45) is 0 Å². The maximum absolute atomic E-state index is 13.0. The maximum Gasteiger partial charge on any atom is 0.344 e. The van der Waals surface area contributed by atoms with Crippen molar-refractivity contribution in [2.75, 3.05) is 26.4 Å². The van der Waals surface area contributed by atoms with E-state index in [0.717, 1.165) is 52.7 Å². The van der Waals surface area contributed by atoms with Gasteiger partial charge in [0.15, 0.2) is 13.2 Å². The first kappa shape index (κ1) is 33.9. The monoisotopic (exact) mass is 788 g/mol. The Morgan fingerprint density at radius 1 is 0.417 bits per heavy atom. The lowest BCUT2D eigenvalue weighted by molar-refractivity contribution is -0.146. The Morgan fingerprint density at radius 3 is 1.03 bits per heavy atom. The summed E-state index contributed by atoms with van der Waals surface area (Å²) in [5.74, 6) is 3.32. The van der Waals surface area contributed by atoms with Gasteiger partial charge in [-0.25, -0.2) is 9.59 Å². The van der Waals surface area contributed by atoms with Crippen molar-refractivity contribution in [3.63, 3.8) is 0 Å². The number of carbonyl (C=O) groups is 2. The van der Waals surface area contributed by atoms with E-state index >= 15 is 0 Å². The minimum atomic E-state index is -0.378. The third-order valence-corrected chi connectivity index (χ3v) is 16.2. The first-order valence-electron chi connectivity index (χ1n) is 22.3. The quantitative estimate of drug-likeness (QED) is 0.143. The summed E-state index contributed by atoms with van der Waals surface area (Å²) < 4.78 is 24.4. The van der Waals surface area contributed by atoms with Crippen LogP contribution in [0.3, 0.4) is 0 Å². The topological polar surface area (TPSA) is 71.1 Å². The Hall–Kier alpha value is -5.88. The van der Waals surface area contributed by atoms with Crippen LogP contribution in [0.1, 0.15) is 176 Å². The molecule has 8 aliphatic rings. The molecule has 6 heteroatoms. The van der Waals surface area contributed by atoms with Gasteiger partial charge in [0, 0.05) is 69.2 Å². The summed E-state index contributed by atoms with van der Waals surface area (Å²) in [6, 6.07) is 32.9. The summed E-state index contributed by atoms with van der Waals surface area (Å²) in [5.41, 5.74) is 22.5. The molecule has 0 amide bonds. The zero-order chi connectivity index (χ0) is 39.7. The molecule has 0 saturated heterocycles. The third kappa shape index (κ3) is 4.20. The van der Waals surface area contributed by atoms with Crippen molar-refractivity contribution in [3.05, 3.63) is 174 Å². The highest BCUT2D eigenvalue weighted by Crippen LogP contribution is 2.68. The van der Waals surface area contributed by atoms with Gasteiger partial charge in [0.2, 0.25) is 0 Å². The fraction of sp³-hybridized carbons (Fsp3) is 0.333. The largest absolute Gasteiger partial charge is 0.481 e. The fourth-order valence-electron chi connectivity index (χ4n) is 14.1. The minimum Gasteiger partial charge on any atom is -0.481 e. The van der Waals surface area contributed by atoms with Gasteiger partial charge in [0.25, 0.3) is 0 Å². The molecular weight excluding hydrogens is 745 g/mol. The molecule has 6 nitrogen and oxygen atoms in total. The van der Waals surface area contributed by atoms with Gasteiger partial charge in [-0.15, -0.1) is 0 Å². The first-order valence-corrected chi connectivity index (χ1v) is 22.3. The van der Waals surface area contributed by atoms with E-state index in [1.165, 1.54) is 84.3 Å². The predicted molar refractivity (Wildman–Crippen MR) is 227 cm³/mol. The summed E-state index contributed by atoms with van der Waals surface area (Å²) in [4.78, 5) is 26.1. The molecule has 6 aromatic carbocycles. The second kappa shape index (κ2) is 11.9. The highest BCUT2D eigenvalue weighted by atomic mass is 16.6. The predicted octanol–water partition coefficient (Wildman–Crippen LogP) is 10.6. The molecule has 296 valence electrons. The van der Waals surface area contributed by atoms with E-state index in [1.807, 2.05) is 13.8 Å². The van der Waals surface area contributed by atoms with Crippen molar-refractivity contribution in [3.8, 4) is 11.5 Å². The molecule has 0 aliphatic heterocycles. The van der Waals surface area contributed by atoms with E-state index in [1.54, 1.807) is 0 Å². The number of benzene rings is 6. The van der Waals surface area contributed by atoms with Gasteiger partial charge >= 0.3 is 11.9 Å². The SMILES string of the molecule is CCOC(=O)COc1c2c(c(OCC(=O)OCC)c3cc4c(cc13)[C@H]1C[C@@H]4c3cc4c(cc31)[C@H]1C[C@@H]4c3ccccc31)[C@H]1C[C@@H]2c2cc3c(cc21)[C@H]1C[C@@H]3c2ccccc21. The number of carbonyl (C=O) groups excluding carboxylic acids is 2. The molecule has 8 bridgehead atoms. The molecule has 8 aliphatic carbocycles. The average Bonchev–Trinajstić information content (AvgIpc) is 4.15. The number of hydrogen-bond donors (Lipinski definition) is 0. The zero-order valence-corrected chi connectivity index (χ0v) is 33.8. The highest BCUT2D eigenvalue weighted by molar-refractivity contribution is 6.00. The molecule has 0 radical (unpaired) electrons. The Morgan fingerprint density at radius 2 is 0.700 bits per heavy atom. The van der Waals surface area contributed by atoms with E-state index in [9.17, 15) is 9.59 Å². The van der Waals surface area contributed by atoms with Crippen LogP contribution < -0.4 is 9.47 Å². The average molecular weight is 789 g/mol. The molecular formula is C54H44O6. The van der Waals surface area contributed by atoms with Crippen LogP contribution in [-0.2, 0) is 19.1 Å². The van der Waals surface area contributed by atoms with Gasteiger partial charge in [-0.1, -0.05) is 72.8 Å². The van der Waals surface area contributed by atoms with Crippen LogP contribution in [0, 0.1) is 0 Å². The van der Waals surface area contributed by atoms with E-state index in [4.69, 9.17) is 18.9 Å². The number of rotatable bonds is 8. The molecule has 0 saturated carbocycles. The van der Waals surface area contributed by atoms with Gasteiger partial charge in [0.1, 0.15) is 11.5 Å². The number of hydrogen-bond acceptors (Lipinski definition) is 6. The fourth-order valence-corrected chi connectivity index (χ4v) is 14.1. The second-order valence-corrected chi connectivity index (χ2v) is 18.5. The van der Waals surface area contributed by atoms with E-state index < -0.39 is 0 Å². The van der Waals surface area contributed by atoms with Crippen LogP contribution in [0.25, 0.3) is 10.8 Å². The molecule has 0 unspecified atom stereocenters. The zero-order valence-electron chi connectivity index (χ0n) is 33.8. The van der Waals surface area contributed by atoms with Crippen LogP contribution in [0.5, 0.6) is 11.5 Å². The van der Waals surface area contributed by atoms with E-state index in [2.05, 4.69) is 84.9 Å². The third-order valence-electron chi connectivity index (χ3n) is 16.2. The summed E-state index contributed by atoms with van der Waals surface area (Å²) in [6.45, 7) is 3.90. The molecule has 6 aromatic rings. The normalized spacial score (nSPS) is 26.0. The molecule has 0 fully saturated rings. The van der Waals surface area contributed by atoms with Gasteiger partial charge in [-0.05, 0) is 130 Å². The van der Waals surface area contributed by atoms with E-state index in [-0.39, 0.29) is 48.8 Å². The van der Waals surface area contributed by atoms with Crippen LogP contribution in [0.2, 0.25) is 0 Å². The summed E-state index contributed by atoms with van der Waals surface area (Å²) in [7, 11) is 0. The Balaban J connectivity index is 0.948. The van der Waals surface area contributed by atoms with Crippen molar-refractivity contribution in [1.82, 2.24) is 0 Å². The lowest BCUT2D eigenvalue weighted by atomic mass is 9.76. The van der Waals surface area contributed by atoms with Gasteiger partial charge in [0.05, 0.1) is 13.2 Å². The van der Waals surface area contributed by atoms with E-state index in [0.29, 0.717) is 36.9 Å². The highest BCUT2D eigenvalue weighted by Gasteiger charge is 2.51. The summed E-state index contributed by atoms with van der Waals surface area (Å²) in [5, 5.41) is 1.89. The van der Waals surface area contributed by atoms with Crippen molar-refractivity contribution >= 4 is 22.7 Å². The number of esters is 2. The lowest BCUT2D eigenvalue weighted by Gasteiger charge is -2.30. The van der Waals surface area contributed by atoms with Crippen molar-refractivity contribution in [1.29, 1.82) is 0 Å². The van der Waals surface area contributed by atoms with Crippen LogP contribution in [0.15, 0.2) is 84.9 Å². The van der Waals surface area contributed by atoms with Crippen molar-refractivity contribution in [2.45, 2.75) is 86.9 Å². The molecule has 0 spiro atoms. The Kier molecular flexibility index (Phi) is 6.72. The standard InChI is InChI=1S/C54H44O6/c1-3-57-49(55)23-59-53-47-20-41-39-17-40(38-16-34-30-13-29(33(34)15-37(38)39)25-9-5-6-10-26(25)30)42(41)21-48(47)54(60-24-50(56)58-4-2)52-46-22-45(51(52)53)43-18-35-31-14-32(36(35)19-44(43)46)28-12-8-7-11-27(28)31/h5-12,15-16,18-21,29-32,39-40,45-46H,3-4,13-14,17,22-24H2,1-2H3/t29-,30+,31+,32-,39-,40+,45+,46-. The Labute approximate surface area is 348 Å². The molecule has 0 N–H and O–H groups in total. The minimum absolute atomic E-state index is 0.0810. The first-order chi connectivity index (χ1) is 29.5. The maximum atomic E-state index is 13.0. The smallest absolute Gasteiger partial charge is 0.344 e. The lowest BCUT2D eigenvalue weighted by Crippen LogP contribution is -2.19. The molecule has 60 heavy (non-hydrogen) atoms. The summed E-state index contributed by atoms with van der Waals surface area (Å²) >= 11 is 0. The van der Waals surface area contributed by atoms with Gasteiger partial charge in [-0.2, -0.15) is 0 Å². The molecule has 8 atom stereocenters. The van der Waals surface area contributed by atoms with Crippen molar-refractivity contribution < 1.29 is 28.5 Å². The van der Waals surface area contributed by atoms with Crippen LogP contribution >= 0.6 is 0 Å².